The molecule has 0 radical (unpaired) electrons. The molecule has 43 heavy (non-hydrogen) atoms. The normalized spacial score (nSPS) is 11.4. The van der Waals surface area contributed by atoms with Gasteiger partial charge in [0.15, 0.2) is 28.8 Å². The number of Topliss-reactive ketones (excluding diaryl/α,β-unsaturated/α-hetero) is 1. The smallest absolute Gasteiger partial charge is 0.431 e. The number of aromatic nitrogens is 3. The van der Waals surface area contributed by atoms with E-state index in [1.54, 1.807) is 6.07 Å². The predicted octanol–water partition coefficient (Wildman–Crippen LogP) is 6.52. The number of carbonyl (C=O) groups excluding carboxylic acids is 1. The van der Waals surface area contributed by atoms with Crippen LogP contribution in [0.25, 0.3) is 22.2 Å². The van der Waals surface area contributed by atoms with Gasteiger partial charge in [-0.15, -0.1) is 0 Å². The van der Waals surface area contributed by atoms with Crippen molar-refractivity contribution in [1.82, 2.24) is 15.0 Å². The number of halogens is 5. The number of methoxy groups -OCH3 is 2. The molecule has 220 valence electrons. The number of alkyl halides is 3. The highest BCUT2D eigenvalue weighted by atomic mass is 19.4. The summed E-state index contributed by atoms with van der Waals surface area (Å²) in [4.78, 5) is 36.6. The molecule has 2 aromatic carbocycles. The Morgan fingerprint density at radius 3 is 2.33 bits per heavy atom. The van der Waals surface area contributed by atoms with E-state index in [0.717, 1.165) is 30.3 Å². The van der Waals surface area contributed by atoms with Crippen LogP contribution in [0.2, 0.25) is 0 Å². The van der Waals surface area contributed by atoms with E-state index in [2.05, 4.69) is 9.97 Å². The van der Waals surface area contributed by atoms with E-state index in [0.29, 0.717) is 17.5 Å². The van der Waals surface area contributed by atoms with Crippen LogP contribution in [0.4, 0.5) is 22.0 Å². The third-order valence-corrected chi connectivity index (χ3v) is 6.40. The first-order valence-electron chi connectivity index (χ1n) is 12.5. The fourth-order valence-corrected chi connectivity index (χ4v) is 4.38. The highest BCUT2D eigenvalue weighted by molar-refractivity contribution is 5.98. The fraction of sp³-hybridized carbons (Fsp3) is 0.133. The molecule has 0 amide bonds. The molecule has 0 atom stereocenters. The molecule has 8 nitrogen and oxygen atoms in total. The number of pyridine rings is 3. The maximum atomic E-state index is 15.1. The van der Waals surface area contributed by atoms with Crippen LogP contribution in [0, 0.1) is 11.6 Å². The number of H-pyrrole nitrogens is 1. The first kappa shape index (κ1) is 29.2. The van der Waals surface area contributed by atoms with Crippen molar-refractivity contribution in [2.45, 2.75) is 12.6 Å². The van der Waals surface area contributed by atoms with Crippen molar-refractivity contribution >= 4 is 16.8 Å². The molecule has 0 unspecified atom stereocenters. The lowest BCUT2D eigenvalue weighted by Crippen LogP contribution is -2.24. The molecule has 3 aromatic heterocycles. The van der Waals surface area contributed by atoms with Gasteiger partial charge in [0.05, 0.1) is 30.9 Å². The van der Waals surface area contributed by atoms with Crippen LogP contribution >= 0.6 is 0 Å². The molecule has 0 fully saturated rings. The molecular weight excluding hydrogens is 577 g/mol. The largest absolute Gasteiger partial charge is 0.491 e. The van der Waals surface area contributed by atoms with Crippen molar-refractivity contribution in [3.8, 4) is 34.3 Å². The van der Waals surface area contributed by atoms with Gasteiger partial charge in [0.2, 0.25) is 5.43 Å². The topological polar surface area (TPSA) is 103 Å². The van der Waals surface area contributed by atoms with Gasteiger partial charge >= 0.3 is 6.18 Å². The van der Waals surface area contributed by atoms with Crippen LogP contribution in [0.3, 0.4) is 0 Å². The average Bonchev–Trinajstić information content (AvgIpc) is 2.97. The first-order valence-corrected chi connectivity index (χ1v) is 12.5. The van der Waals surface area contributed by atoms with E-state index in [-0.39, 0.29) is 34.0 Å². The molecule has 3 heterocycles. The van der Waals surface area contributed by atoms with Gasteiger partial charge in [-0.05, 0) is 35.4 Å². The maximum Gasteiger partial charge on any atom is 0.431 e. The maximum absolute atomic E-state index is 15.1. The Hall–Kier alpha value is -5.33. The van der Waals surface area contributed by atoms with Crippen LogP contribution in [-0.2, 0) is 12.6 Å². The Balaban J connectivity index is 1.43. The Morgan fingerprint density at radius 1 is 0.930 bits per heavy atom. The second-order valence-corrected chi connectivity index (χ2v) is 9.13. The lowest BCUT2D eigenvalue weighted by atomic mass is 9.97. The Kier molecular flexibility index (Phi) is 7.81. The molecule has 0 bridgehead atoms. The highest BCUT2D eigenvalue weighted by Crippen LogP contribution is 2.36. The quantitative estimate of drug-likeness (QED) is 0.161. The third-order valence-electron chi connectivity index (χ3n) is 6.40. The zero-order chi connectivity index (χ0) is 30.9. The first-order chi connectivity index (χ1) is 20.5. The monoisotopic (exact) mass is 597 g/mol. The van der Waals surface area contributed by atoms with Gasteiger partial charge < -0.3 is 19.2 Å². The Morgan fingerprint density at radius 2 is 1.67 bits per heavy atom. The number of nitrogens with one attached hydrogen (secondary N) is 1. The van der Waals surface area contributed by atoms with Crippen molar-refractivity contribution in [2.75, 3.05) is 14.2 Å². The Labute approximate surface area is 239 Å². The minimum Gasteiger partial charge on any atom is -0.491 e. The van der Waals surface area contributed by atoms with Crippen LogP contribution in [0.15, 0.2) is 71.8 Å². The van der Waals surface area contributed by atoms with E-state index >= 15 is 4.39 Å². The molecule has 0 saturated heterocycles. The van der Waals surface area contributed by atoms with Crippen LogP contribution in [-0.4, -0.2) is 35.0 Å². The zero-order valence-electron chi connectivity index (χ0n) is 22.4. The van der Waals surface area contributed by atoms with E-state index < -0.39 is 52.3 Å². The number of aromatic amines is 1. The van der Waals surface area contributed by atoms with Gasteiger partial charge in [0.1, 0.15) is 17.0 Å². The van der Waals surface area contributed by atoms with Crippen LogP contribution in [0.1, 0.15) is 21.6 Å². The summed E-state index contributed by atoms with van der Waals surface area (Å²) >= 11 is 0. The van der Waals surface area contributed by atoms with Crippen molar-refractivity contribution < 1.29 is 41.0 Å². The average molecular weight is 597 g/mol. The molecule has 13 heteroatoms. The minimum atomic E-state index is -4.96. The van der Waals surface area contributed by atoms with E-state index in [1.165, 1.54) is 38.6 Å². The predicted molar refractivity (Wildman–Crippen MR) is 145 cm³/mol. The number of benzene rings is 2. The summed E-state index contributed by atoms with van der Waals surface area (Å²) in [5.74, 6) is -2.02. The summed E-state index contributed by atoms with van der Waals surface area (Å²) in [6.45, 7) is 0. The zero-order valence-corrected chi connectivity index (χ0v) is 22.4. The lowest BCUT2D eigenvalue weighted by molar-refractivity contribution is -0.140. The number of hydrogen-bond donors (Lipinski definition) is 1. The molecule has 1 N–H and O–H groups in total. The molecule has 0 aliphatic heterocycles. The summed E-state index contributed by atoms with van der Waals surface area (Å²) in [5, 5.41) is 0. The number of nitrogens with zero attached hydrogens (tertiary/aromatic N) is 2. The summed E-state index contributed by atoms with van der Waals surface area (Å²) in [6.07, 6.45) is -3.38. The van der Waals surface area contributed by atoms with E-state index in [9.17, 15) is 27.2 Å². The van der Waals surface area contributed by atoms with Crippen molar-refractivity contribution in [3.05, 3.63) is 106 Å². The number of ketones is 1. The summed E-state index contributed by atoms with van der Waals surface area (Å²) < 4.78 is 85.6. The number of carbonyl (C=O) groups is 1. The van der Waals surface area contributed by atoms with Crippen LogP contribution < -0.4 is 19.6 Å². The fourth-order valence-electron chi connectivity index (χ4n) is 4.38. The lowest BCUT2D eigenvalue weighted by Gasteiger charge is -2.14. The number of hydrogen-bond acceptors (Lipinski definition) is 7. The van der Waals surface area contributed by atoms with Gasteiger partial charge in [0.25, 0.3) is 5.88 Å². The SMILES string of the molecule is COc1cc2nccc(Oc3ccc(CC(=O)c4c[nH]c(C(F)(F)F)c(-c5ccc(F)cc5)c4=O)cc3F)c2nc1OC. The molecule has 0 aliphatic rings. The third kappa shape index (κ3) is 5.87. The molecule has 5 aromatic rings. The van der Waals surface area contributed by atoms with Crippen molar-refractivity contribution in [1.29, 1.82) is 0 Å². The minimum absolute atomic E-state index is 0.126. The second kappa shape index (κ2) is 11.5. The summed E-state index contributed by atoms with van der Waals surface area (Å²) in [5.41, 5.74) is -3.45. The van der Waals surface area contributed by atoms with Gasteiger partial charge in [-0.3, -0.25) is 14.6 Å². The van der Waals surface area contributed by atoms with Crippen molar-refractivity contribution in [3.63, 3.8) is 0 Å². The number of ether oxygens (including phenoxy) is 3. The van der Waals surface area contributed by atoms with Crippen LogP contribution in [0.5, 0.6) is 23.1 Å². The Bertz CT molecular complexity index is 1910. The number of rotatable bonds is 8. The molecule has 0 spiro atoms. The van der Waals surface area contributed by atoms with Gasteiger partial charge in [-0.2, -0.15) is 13.2 Å². The number of fused-ring (bicyclic) bond motifs is 1. The molecule has 0 saturated carbocycles. The standard InChI is InChI=1S/C30H20F5N3O5/c1-41-24-13-20-26(38-29(24)42-2)23(9-10-36-20)43-22-8-3-15(11-19(22)32)12-21(39)18-14-37-28(30(33,34)35)25(27(18)40)16-4-6-17(31)7-5-16/h3-11,13-14H,12H2,1-2H3,(H,37,40). The van der Waals surface area contributed by atoms with E-state index in [1.807, 2.05) is 4.98 Å². The van der Waals surface area contributed by atoms with Gasteiger partial charge in [0, 0.05) is 30.9 Å². The second-order valence-electron chi connectivity index (χ2n) is 9.13. The van der Waals surface area contributed by atoms with E-state index in [4.69, 9.17) is 14.2 Å². The summed E-state index contributed by atoms with van der Waals surface area (Å²) in [6, 6.07) is 10.5. The molecule has 5 rings (SSSR count). The van der Waals surface area contributed by atoms with Crippen molar-refractivity contribution in [2.24, 2.45) is 0 Å². The van der Waals surface area contributed by atoms with Gasteiger partial charge in [-0.25, -0.2) is 13.8 Å². The highest BCUT2D eigenvalue weighted by Gasteiger charge is 2.37. The molecule has 0 aliphatic carbocycles. The summed E-state index contributed by atoms with van der Waals surface area (Å²) in [7, 11) is 2.83. The molecular formula is C30H20F5N3O5. The van der Waals surface area contributed by atoms with Gasteiger partial charge in [-0.1, -0.05) is 18.2 Å².